The van der Waals surface area contributed by atoms with Crippen LogP contribution in [0.3, 0.4) is 0 Å². The van der Waals surface area contributed by atoms with Crippen molar-refractivity contribution in [3.05, 3.63) is 63.6 Å². The summed E-state index contributed by atoms with van der Waals surface area (Å²) in [4.78, 5) is 0. The van der Waals surface area contributed by atoms with Gasteiger partial charge in [-0.2, -0.15) is 0 Å². The molecule has 0 fully saturated rings. The lowest BCUT2D eigenvalue weighted by atomic mass is 10.1. The van der Waals surface area contributed by atoms with Gasteiger partial charge in [0, 0.05) is 11.6 Å². The molecule has 0 aromatic heterocycles. The van der Waals surface area contributed by atoms with Crippen molar-refractivity contribution < 1.29 is 0 Å². The Bertz CT molecular complexity index is 612. The number of benzene rings is 2. The first kappa shape index (κ1) is 15.1. The van der Waals surface area contributed by atoms with Crippen LogP contribution in [0.25, 0.3) is 0 Å². The monoisotopic (exact) mass is 324 g/mol. The first-order valence-corrected chi connectivity index (χ1v) is 7.26. The van der Waals surface area contributed by atoms with E-state index in [0.717, 1.165) is 5.69 Å². The molecule has 0 spiro atoms. The predicted octanol–water partition coefficient (Wildman–Crippen LogP) is 4.79. The molecule has 5 heteroatoms. The van der Waals surface area contributed by atoms with E-state index in [1.54, 1.807) is 18.2 Å². The molecular weight excluding hydrogens is 311 g/mol. The summed E-state index contributed by atoms with van der Waals surface area (Å²) in [6.07, 6.45) is 0. The molecule has 2 N–H and O–H groups in total. The second kappa shape index (κ2) is 6.93. The van der Waals surface area contributed by atoms with Crippen LogP contribution in [0.15, 0.2) is 42.5 Å². The summed E-state index contributed by atoms with van der Waals surface area (Å²) < 4.78 is 0. The predicted molar refractivity (Wildman–Crippen MR) is 90.7 cm³/mol. The van der Waals surface area contributed by atoms with Crippen LogP contribution in [-0.4, -0.2) is 5.11 Å². The van der Waals surface area contributed by atoms with Gasteiger partial charge in [0.25, 0.3) is 0 Å². The van der Waals surface area contributed by atoms with E-state index in [2.05, 4.69) is 41.8 Å². The molecule has 104 valence electrons. The molecule has 2 nitrogen and oxygen atoms in total. The van der Waals surface area contributed by atoms with Crippen LogP contribution in [0.5, 0.6) is 0 Å². The van der Waals surface area contributed by atoms with E-state index >= 15 is 0 Å². The summed E-state index contributed by atoms with van der Waals surface area (Å²) in [6.45, 7) is 2.73. The van der Waals surface area contributed by atoms with Crippen molar-refractivity contribution in [1.29, 1.82) is 0 Å². The molecule has 0 atom stereocenters. The third-order valence-corrected chi connectivity index (χ3v) is 3.55. The molecule has 0 unspecified atom stereocenters. The molecule has 0 saturated heterocycles. The first-order valence-electron chi connectivity index (χ1n) is 6.10. The van der Waals surface area contributed by atoms with Gasteiger partial charge in [0.2, 0.25) is 0 Å². The highest BCUT2D eigenvalue weighted by atomic mass is 35.5. The van der Waals surface area contributed by atoms with Crippen molar-refractivity contribution in [2.24, 2.45) is 0 Å². The summed E-state index contributed by atoms with van der Waals surface area (Å²) in [5.74, 6) is 0. The van der Waals surface area contributed by atoms with Crippen molar-refractivity contribution in [3.63, 3.8) is 0 Å². The number of nitrogens with one attached hydrogen (secondary N) is 2. The van der Waals surface area contributed by atoms with Crippen LogP contribution in [0.2, 0.25) is 10.0 Å². The lowest BCUT2D eigenvalue weighted by Crippen LogP contribution is -2.27. The van der Waals surface area contributed by atoms with Crippen LogP contribution in [0.4, 0.5) is 5.69 Å². The standard InChI is InChI=1S/C15H14Cl2N2S/c1-10-2-4-11(5-3-10)9-18-15(20)19-14-7-6-12(16)8-13(14)17/h2-8H,9H2,1H3,(H2,18,19,20). The SMILES string of the molecule is Cc1ccc(CNC(=S)Nc2ccc(Cl)cc2Cl)cc1. The van der Waals surface area contributed by atoms with E-state index in [1.807, 2.05) is 0 Å². The summed E-state index contributed by atoms with van der Waals surface area (Å²) in [6, 6.07) is 13.5. The summed E-state index contributed by atoms with van der Waals surface area (Å²) >= 11 is 17.2. The number of hydrogen-bond acceptors (Lipinski definition) is 1. The molecule has 0 heterocycles. The molecule has 0 saturated carbocycles. The zero-order chi connectivity index (χ0) is 14.5. The van der Waals surface area contributed by atoms with Gasteiger partial charge >= 0.3 is 0 Å². The zero-order valence-corrected chi connectivity index (χ0v) is 13.2. The van der Waals surface area contributed by atoms with Crippen molar-refractivity contribution >= 4 is 46.2 Å². The average Bonchev–Trinajstić information content (AvgIpc) is 2.41. The van der Waals surface area contributed by atoms with Crippen LogP contribution in [0, 0.1) is 6.92 Å². The van der Waals surface area contributed by atoms with E-state index in [-0.39, 0.29) is 0 Å². The molecule has 2 aromatic carbocycles. The van der Waals surface area contributed by atoms with Gasteiger partial charge in [-0.15, -0.1) is 0 Å². The maximum absolute atomic E-state index is 6.07. The van der Waals surface area contributed by atoms with Crippen LogP contribution in [-0.2, 0) is 6.54 Å². The van der Waals surface area contributed by atoms with Gasteiger partial charge in [0.1, 0.15) is 0 Å². The Labute approximate surface area is 134 Å². The van der Waals surface area contributed by atoms with Gasteiger partial charge in [-0.3, -0.25) is 0 Å². The second-order valence-electron chi connectivity index (χ2n) is 4.42. The van der Waals surface area contributed by atoms with E-state index in [4.69, 9.17) is 35.4 Å². The normalized spacial score (nSPS) is 10.2. The minimum Gasteiger partial charge on any atom is -0.358 e. The van der Waals surface area contributed by atoms with Crippen LogP contribution in [0.1, 0.15) is 11.1 Å². The van der Waals surface area contributed by atoms with Gasteiger partial charge in [0.05, 0.1) is 10.7 Å². The molecule has 0 bridgehead atoms. The van der Waals surface area contributed by atoms with Crippen LogP contribution < -0.4 is 10.6 Å². The zero-order valence-electron chi connectivity index (χ0n) is 10.9. The number of rotatable bonds is 3. The molecule has 2 aromatic rings. The van der Waals surface area contributed by atoms with Crippen LogP contribution >= 0.6 is 35.4 Å². The molecule has 2 rings (SSSR count). The molecule has 0 aliphatic carbocycles. The topological polar surface area (TPSA) is 24.1 Å². The largest absolute Gasteiger partial charge is 0.358 e. The maximum atomic E-state index is 6.07. The van der Waals surface area contributed by atoms with Gasteiger partial charge < -0.3 is 10.6 Å². The highest BCUT2D eigenvalue weighted by molar-refractivity contribution is 7.80. The van der Waals surface area contributed by atoms with Crippen molar-refractivity contribution in [3.8, 4) is 0 Å². The summed E-state index contributed by atoms with van der Waals surface area (Å²) in [7, 11) is 0. The highest BCUT2D eigenvalue weighted by Crippen LogP contribution is 2.25. The van der Waals surface area contributed by atoms with Gasteiger partial charge in [-0.1, -0.05) is 53.0 Å². The lowest BCUT2D eigenvalue weighted by Gasteiger charge is -2.12. The molecule has 0 aliphatic rings. The van der Waals surface area contributed by atoms with Crippen molar-refractivity contribution in [2.45, 2.75) is 13.5 Å². The fraction of sp³-hybridized carbons (Fsp3) is 0.133. The number of anilines is 1. The number of hydrogen-bond donors (Lipinski definition) is 2. The maximum Gasteiger partial charge on any atom is 0.171 e. The molecule has 20 heavy (non-hydrogen) atoms. The fourth-order valence-corrected chi connectivity index (χ4v) is 2.28. The molecule has 0 amide bonds. The highest BCUT2D eigenvalue weighted by Gasteiger charge is 2.03. The van der Waals surface area contributed by atoms with E-state index in [1.165, 1.54) is 11.1 Å². The van der Waals surface area contributed by atoms with Gasteiger partial charge in [-0.25, -0.2) is 0 Å². The van der Waals surface area contributed by atoms with Crippen molar-refractivity contribution in [2.75, 3.05) is 5.32 Å². The molecular formula is C15H14Cl2N2S. The third-order valence-electron chi connectivity index (χ3n) is 2.75. The Morgan fingerprint density at radius 2 is 1.80 bits per heavy atom. The minimum atomic E-state index is 0.523. The fourth-order valence-electron chi connectivity index (χ4n) is 1.65. The van der Waals surface area contributed by atoms with Crippen molar-refractivity contribution in [1.82, 2.24) is 5.32 Å². The summed E-state index contributed by atoms with van der Waals surface area (Å²) in [5, 5.41) is 7.84. The minimum absolute atomic E-state index is 0.523. The Morgan fingerprint density at radius 1 is 1.10 bits per heavy atom. The van der Waals surface area contributed by atoms with E-state index in [9.17, 15) is 0 Å². The van der Waals surface area contributed by atoms with Gasteiger partial charge in [0.15, 0.2) is 5.11 Å². The Morgan fingerprint density at radius 3 is 2.45 bits per heavy atom. The number of aryl methyl sites for hydroxylation is 1. The van der Waals surface area contributed by atoms with Gasteiger partial charge in [-0.05, 0) is 42.9 Å². The smallest absolute Gasteiger partial charge is 0.171 e. The third kappa shape index (κ3) is 4.37. The number of halogens is 2. The molecule has 0 aliphatic heterocycles. The Hall–Kier alpha value is -1.29. The Kier molecular flexibility index (Phi) is 5.24. The molecule has 0 radical (unpaired) electrons. The van der Waals surface area contributed by atoms with E-state index in [0.29, 0.717) is 21.7 Å². The lowest BCUT2D eigenvalue weighted by molar-refractivity contribution is 0.925. The van der Waals surface area contributed by atoms with E-state index < -0.39 is 0 Å². The number of thiocarbonyl (C=S) groups is 1. The Balaban J connectivity index is 1.90. The average molecular weight is 325 g/mol. The summed E-state index contributed by atoms with van der Waals surface area (Å²) in [5.41, 5.74) is 3.14. The second-order valence-corrected chi connectivity index (χ2v) is 5.67. The quantitative estimate of drug-likeness (QED) is 0.794. The first-order chi connectivity index (χ1) is 9.54.